The predicted octanol–water partition coefficient (Wildman–Crippen LogP) is 4.79. The van der Waals surface area contributed by atoms with Crippen LogP contribution >= 0.6 is 15.9 Å². The quantitative estimate of drug-likeness (QED) is 0.628. The van der Waals surface area contributed by atoms with Gasteiger partial charge < -0.3 is 9.32 Å². The van der Waals surface area contributed by atoms with Gasteiger partial charge in [0.15, 0.2) is 5.76 Å². The van der Waals surface area contributed by atoms with Crippen molar-refractivity contribution < 1.29 is 9.21 Å². The molecular weight excluding hydrogens is 342 g/mol. The average Bonchev–Trinajstić information content (AvgIpc) is 2.99. The Morgan fingerprint density at radius 2 is 2.00 bits per heavy atom. The van der Waals surface area contributed by atoms with Crippen LogP contribution in [-0.2, 0) is 6.42 Å². The van der Waals surface area contributed by atoms with E-state index in [1.807, 2.05) is 47.4 Å². The summed E-state index contributed by atoms with van der Waals surface area (Å²) in [4.78, 5) is 14.7. The van der Waals surface area contributed by atoms with E-state index in [9.17, 15) is 4.79 Å². The predicted molar refractivity (Wildman–Crippen MR) is 90.4 cm³/mol. The maximum Gasteiger partial charge on any atom is 0.294 e. The third-order valence-electron chi connectivity index (χ3n) is 4.07. The van der Waals surface area contributed by atoms with Gasteiger partial charge in [-0.25, -0.2) is 0 Å². The second-order valence-electron chi connectivity index (χ2n) is 5.45. The lowest BCUT2D eigenvalue weighted by Crippen LogP contribution is -2.35. The van der Waals surface area contributed by atoms with E-state index in [1.165, 1.54) is 5.56 Å². The van der Waals surface area contributed by atoms with E-state index in [0.29, 0.717) is 5.76 Å². The summed E-state index contributed by atoms with van der Waals surface area (Å²) in [5.74, 6) is 0.314. The van der Waals surface area contributed by atoms with Gasteiger partial charge in [0.05, 0.1) is 0 Å². The Balaban J connectivity index is 1.77. The van der Waals surface area contributed by atoms with Crippen LogP contribution in [0, 0.1) is 0 Å². The molecule has 0 radical (unpaired) electrons. The summed E-state index contributed by atoms with van der Waals surface area (Å²) in [5, 5.41) is 0.927. The minimum Gasteiger partial charge on any atom is -0.451 e. The van der Waals surface area contributed by atoms with Crippen LogP contribution in [0.25, 0.3) is 11.0 Å². The zero-order valence-corrected chi connectivity index (χ0v) is 13.5. The molecule has 4 heteroatoms. The van der Waals surface area contributed by atoms with E-state index < -0.39 is 0 Å². The molecule has 22 heavy (non-hydrogen) atoms. The summed E-state index contributed by atoms with van der Waals surface area (Å²) in [6, 6.07) is 15.6. The Hall–Kier alpha value is -2.07. The van der Waals surface area contributed by atoms with Crippen LogP contribution in [0.3, 0.4) is 0 Å². The van der Waals surface area contributed by atoms with Crippen LogP contribution in [0.2, 0.25) is 0 Å². The summed E-state index contributed by atoms with van der Waals surface area (Å²) < 4.78 is 6.69. The number of hydrogen-bond acceptors (Lipinski definition) is 2. The van der Waals surface area contributed by atoms with Gasteiger partial charge in [0.25, 0.3) is 5.91 Å². The Morgan fingerprint density at radius 3 is 2.86 bits per heavy atom. The second-order valence-corrected chi connectivity index (χ2v) is 6.31. The van der Waals surface area contributed by atoms with Crippen molar-refractivity contribution >= 4 is 38.5 Å². The molecule has 2 aromatic carbocycles. The molecule has 0 atom stereocenters. The number of aryl methyl sites for hydroxylation is 1. The number of carbonyl (C=O) groups is 1. The zero-order chi connectivity index (χ0) is 15.1. The number of carbonyl (C=O) groups excluding carboxylic acids is 1. The fraction of sp³-hybridized carbons (Fsp3) is 0.167. The van der Waals surface area contributed by atoms with Gasteiger partial charge in [-0.3, -0.25) is 4.79 Å². The van der Waals surface area contributed by atoms with Crippen LogP contribution in [-0.4, -0.2) is 12.5 Å². The SMILES string of the molecule is O=C(c1cc2c(Br)cccc2o1)N1CCCc2ccccc21. The first-order valence-corrected chi connectivity index (χ1v) is 8.11. The van der Waals surface area contributed by atoms with Gasteiger partial charge in [0.2, 0.25) is 0 Å². The van der Waals surface area contributed by atoms with Crippen molar-refractivity contribution in [3.63, 3.8) is 0 Å². The topological polar surface area (TPSA) is 33.5 Å². The van der Waals surface area contributed by atoms with E-state index in [1.54, 1.807) is 0 Å². The number of rotatable bonds is 1. The lowest BCUT2D eigenvalue weighted by Gasteiger charge is -2.28. The largest absolute Gasteiger partial charge is 0.451 e. The molecule has 1 amide bonds. The van der Waals surface area contributed by atoms with Crippen LogP contribution in [0.1, 0.15) is 22.5 Å². The summed E-state index contributed by atoms with van der Waals surface area (Å²) in [5.41, 5.74) is 2.95. The van der Waals surface area contributed by atoms with Gasteiger partial charge in [-0.1, -0.05) is 40.2 Å². The molecule has 0 saturated carbocycles. The van der Waals surface area contributed by atoms with Gasteiger partial charge in [0.1, 0.15) is 5.58 Å². The van der Waals surface area contributed by atoms with E-state index in [-0.39, 0.29) is 5.91 Å². The molecule has 1 aliphatic rings. The molecule has 0 spiro atoms. The van der Waals surface area contributed by atoms with Crippen molar-refractivity contribution in [2.24, 2.45) is 0 Å². The highest BCUT2D eigenvalue weighted by atomic mass is 79.9. The number of para-hydroxylation sites is 1. The van der Waals surface area contributed by atoms with E-state index >= 15 is 0 Å². The molecule has 1 aliphatic heterocycles. The highest BCUT2D eigenvalue weighted by Crippen LogP contribution is 2.31. The molecule has 0 aliphatic carbocycles. The van der Waals surface area contributed by atoms with Gasteiger partial charge in [0, 0.05) is 22.1 Å². The van der Waals surface area contributed by atoms with Crippen molar-refractivity contribution in [2.75, 3.05) is 11.4 Å². The summed E-state index contributed by atoms with van der Waals surface area (Å²) in [6.07, 6.45) is 2.00. The van der Waals surface area contributed by atoms with Crippen LogP contribution in [0.5, 0.6) is 0 Å². The molecule has 0 N–H and O–H groups in total. The number of fused-ring (bicyclic) bond motifs is 2. The zero-order valence-electron chi connectivity index (χ0n) is 11.9. The third kappa shape index (κ3) is 2.15. The first kappa shape index (κ1) is 13.6. The molecule has 2 heterocycles. The molecule has 3 nitrogen and oxygen atoms in total. The van der Waals surface area contributed by atoms with E-state index in [2.05, 4.69) is 22.0 Å². The number of hydrogen-bond donors (Lipinski definition) is 0. The molecule has 4 rings (SSSR count). The van der Waals surface area contributed by atoms with Crippen molar-refractivity contribution in [2.45, 2.75) is 12.8 Å². The monoisotopic (exact) mass is 355 g/mol. The van der Waals surface area contributed by atoms with Crippen LogP contribution < -0.4 is 4.90 Å². The number of halogens is 1. The Labute approximate surface area is 136 Å². The molecular formula is C18H14BrNO2. The normalized spacial score (nSPS) is 14.1. The van der Waals surface area contributed by atoms with Crippen LogP contribution in [0.4, 0.5) is 5.69 Å². The van der Waals surface area contributed by atoms with Crippen molar-refractivity contribution in [1.82, 2.24) is 0 Å². The van der Waals surface area contributed by atoms with Gasteiger partial charge in [-0.2, -0.15) is 0 Å². The molecule has 3 aromatic rings. The first-order chi connectivity index (χ1) is 10.7. The minimum atomic E-state index is -0.0738. The number of benzene rings is 2. The molecule has 0 bridgehead atoms. The van der Waals surface area contributed by atoms with Gasteiger partial charge >= 0.3 is 0 Å². The Bertz CT molecular complexity index is 868. The highest BCUT2D eigenvalue weighted by Gasteiger charge is 2.25. The van der Waals surface area contributed by atoms with Crippen molar-refractivity contribution in [1.29, 1.82) is 0 Å². The van der Waals surface area contributed by atoms with Crippen molar-refractivity contribution in [3.05, 3.63) is 64.3 Å². The molecule has 0 fully saturated rings. The summed E-state index contributed by atoms with van der Waals surface area (Å²) in [7, 11) is 0. The molecule has 0 saturated heterocycles. The first-order valence-electron chi connectivity index (χ1n) is 7.32. The van der Waals surface area contributed by atoms with Gasteiger partial charge in [-0.05, 0) is 42.7 Å². The lowest BCUT2D eigenvalue weighted by atomic mass is 10.0. The molecule has 1 aromatic heterocycles. The fourth-order valence-electron chi connectivity index (χ4n) is 3.01. The summed E-state index contributed by atoms with van der Waals surface area (Å²) >= 11 is 3.50. The fourth-order valence-corrected chi connectivity index (χ4v) is 3.47. The number of nitrogens with zero attached hydrogens (tertiary/aromatic N) is 1. The smallest absolute Gasteiger partial charge is 0.294 e. The maximum atomic E-state index is 12.9. The maximum absolute atomic E-state index is 12.9. The Morgan fingerprint density at radius 1 is 1.14 bits per heavy atom. The molecule has 110 valence electrons. The number of amides is 1. The number of furan rings is 1. The number of anilines is 1. The molecule has 0 unspecified atom stereocenters. The van der Waals surface area contributed by atoms with E-state index in [4.69, 9.17) is 4.42 Å². The Kier molecular flexibility index (Phi) is 3.26. The average molecular weight is 356 g/mol. The second kappa shape index (κ2) is 5.29. The highest BCUT2D eigenvalue weighted by molar-refractivity contribution is 9.10. The van der Waals surface area contributed by atoms with Crippen LogP contribution in [0.15, 0.2) is 57.4 Å². The lowest BCUT2D eigenvalue weighted by molar-refractivity contribution is 0.0960. The van der Waals surface area contributed by atoms with Gasteiger partial charge in [-0.15, -0.1) is 0 Å². The third-order valence-corrected chi connectivity index (χ3v) is 4.77. The van der Waals surface area contributed by atoms with Crippen molar-refractivity contribution in [3.8, 4) is 0 Å². The summed E-state index contributed by atoms with van der Waals surface area (Å²) in [6.45, 7) is 0.730. The minimum absolute atomic E-state index is 0.0738. The standard InChI is InChI=1S/C18H14BrNO2/c19-14-7-3-9-16-13(14)11-17(22-16)18(21)20-10-4-6-12-5-1-2-8-15(12)20/h1-3,5,7-9,11H,4,6,10H2. The van der Waals surface area contributed by atoms with E-state index in [0.717, 1.165) is 40.5 Å².